The number of nitrogens with one attached hydrogen (secondary N) is 1. The number of benzene rings is 1. The van der Waals surface area contributed by atoms with Crippen molar-refractivity contribution in [1.29, 1.82) is 0 Å². The Morgan fingerprint density at radius 2 is 2.10 bits per heavy atom. The Balaban J connectivity index is 3.26. The van der Waals surface area contributed by atoms with Gasteiger partial charge in [0, 0.05) is 23.2 Å². The van der Waals surface area contributed by atoms with E-state index in [1.54, 1.807) is 6.07 Å². The zero-order valence-corrected chi connectivity index (χ0v) is 13.5. The van der Waals surface area contributed by atoms with E-state index in [-0.39, 0.29) is 23.2 Å². The third kappa shape index (κ3) is 4.09. The fourth-order valence-electron chi connectivity index (χ4n) is 2.03. The van der Waals surface area contributed by atoms with Crippen LogP contribution in [0.25, 0.3) is 0 Å². The van der Waals surface area contributed by atoms with E-state index in [9.17, 15) is 8.42 Å². The van der Waals surface area contributed by atoms with Crippen LogP contribution >= 0.6 is 11.6 Å². The van der Waals surface area contributed by atoms with Crippen molar-refractivity contribution in [3.8, 4) is 5.75 Å². The summed E-state index contributed by atoms with van der Waals surface area (Å²) in [5.41, 5.74) is 6.16. The first-order valence-corrected chi connectivity index (χ1v) is 8.30. The lowest BCUT2D eigenvalue weighted by Crippen LogP contribution is -2.32. The summed E-state index contributed by atoms with van der Waals surface area (Å²) in [5.74, 6) is 0.244. The zero-order chi connectivity index (χ0) is 15.3. The molecule has 1 unspecified atom stereocenters. The summed E-state index contributed by atoms with van der Waals surface area (Å²) in [5, 5.41) is 0.315. The maximum absolute atomic E-state index is 12.4. The van der Waals surface area contributed by atoms with Crippen molar-refractivity contribution >= 4 is 21.6 Å². The van der Waals surface area contributed by atoms with E-state index in [1.807, 2.05) is 13.8 Å². The molecule has 7 heteroatoms. The lowest BCUT2D eigenvalue weighted by atomic mass is 10.2. The monoisotopic (exact) mass is 320 g/mol. The van der Waals surface area contributed by atoms with Gasteiger partial charge in [0.25, 0.3) is 0 Å². The molecule has 1 aromatic carbocycles. The van der Waals surface area contributed by atoms with Crippen LogP contribution in [0.2, 0.25) is 5.02 Å². The van der Waals surface area contributed by atoms with Crippen molar-refractivity contribution in [2.24, 2.45) is 5.73 Å². The van der Waals surface area contributed by atoms with Gasteiger partial charge in [-0.05, 0) is 25.5 Å². The van der Waals surface area contributed by atoms with Crippen molar-refractivity contribution in [3.05, 3.63) is 22.7 Å². The van der Waals surface area contributed by atoms with Gasteiger partial charge in [0.15, 0.2) is 0 Å². The molecular formula is C13H21ClN2O3S. The average Bonchev–Trinajstić information content (AvgIpc) is 2.37. The summed E-state index contributed by atoms with van der Waals surface area (Å²) in [6, 6.07) is 2.82. The van der Waals surface area contributed by atoms with Gasteiger partial charge in [0.05, 0.1) is 7.11 Å². The Hall–Kier alpha value is -0.820. The molecule has 1 aromatic rings. The fourth-order valence-corrected chi connectivity index (χ4v) is 3.85. The Labute approximate surface area is 125 Å². The molecule has 0 heterocycles. The Kier molecular flexibility index (Phi) is 6.26. The van der Waals surface area contributed by atoms with Crippen LogP contribution < -0.4 is 15.2 Å². The molecule has 0 aromatic heterocycles. The number of hydrogen-bond acceptors (Lipinski definition) is 4. The quantitative estimate of drug-likeness (QED) is 0.807. The summed E-state index contributed by atoms with van der Waals surface area (Å²) in [6.45, 7) is 3.97. The first-order valence-electron chi connectivity index (χ1n) is 6.44. The normalized spacial score (nSPS) is 13.2. The molecule has 0 amide bonds. The zero-order valence-electron chi connectivity index (χ0n) is 11.9. The van der Waals surface area contributed by atoms with Gasteiger partial charge >= 0.3 is 0 Å². The summed E-state index contributed by atoms with van der Waals surface area (Å²) >= 11 is 5.96. The van der Waals surface area contributed by atoms with Crippen LogP contribution in [-0.2, 0) is 16.6 Å². The highest BCUT2D eigenvalue weighted by atomic mass is 35.5. The van der Waals surface area contributed by atoms with Gasteiger partial charge in [0.2, 0.25) is 10.0 Å². The first-order chi connectivity index (χ1) is 9.35. The van der Waals surface area contributed by atoms with Crippen molar-refractivity contribution in [2.45, 2.75) is 44.2 Å². The Morgan fingerprint density at radius 1 is 1.45 bits per heavy atom. The van der Waals surface area contributed by atoms with Crippen molar-refractivity contribution in [2.75, 3.05) is 7.11 Å². The minimum Gasteiger partial charge on any atom is -0.495 e. The molecule has 0 bridgehead atoms. The Bertz CT molecular complexity index is 561. The van der Waals surface area contributed by atoms with Gasteiger partial charge < -0.3 is 10.5 Å². The number of halogens is 1. The Morgan fingerprint density at radius 3 is 2.60 bits per heavy atom. The summed E-state index contributed by atoms with van der Waals surface area (Å²) in [7, 11) is -2.28. The molecule has 0 saturated carbocycles. The third-order valence-corrected chi connectivity index (χ3v) is 4.70. The van der Waals surface area contributed by atoms with Crippen molar-refractivity contribution in [1.82, 2.24) is 4.72 Å². The van der Waals surface area contributed by atoms with Crippen LogP contribution in [-0.4, -0.2) is 21.6 Å². The van der Waals surface area contributed by atoms with Gasteiger partial charge in [-0.15, -0.1) is 0 Å². The number of hydrogen-bond donors (Lipinski definition) is 2. The number of nitrogens with two attached hydrogens (primary N) is 1. The molecule has 0 spiro atoms. The fraction of sp³-hybridized carbons (Fsp3) is 0.538. The van der Waals surface area contributed by atoms with E-state index in [4.69, 9.17) is 22.1 Å². The van der Waals surface area contributed by atoms with Gasteiger partial charge in [-0.2, -0.15) is 0 Å². The lowest BCUT2D eigenvalue weighted by molar-refractivity contribution is 0.397. The largest absolute Gasteiger partial charge is 0.495 e. The molecule has 0 saturated heterocycles. The van der Waals surface area contributed by atoms with Crippen molar-refractivity contribution < 1.29 is 13.2 Å². The van der Waals surface area contributed by atoms with Crippen LogP contribution in [0.5, 0.6) is 5.75 Å². The summed E-state index contributed by atoms with van der Waals surface area (Å²) in [4.78, 5) is 0.0240. The second-order valence-electron chi connectivity index (χ2n) is 4.61. The van der Waals surface area contributed by atoms with Crippen LogP contribution in [0.4, 0.5) is 0 Å². The van der Waals surface area contributed by atoms with Gasteiger partial charge in [-0.3, -0.25) is 0 Å². The molecule has 0 aliphatic rings. The molecule has 0 aliphatic carbocycles. The molecule has 1 rings (SSSR count). The molecule has 3 N–H and O–H groups in total. The summed E-state index contributed by atoms with van der Waals surface area (Å²) < 4.78 is 32.7. The van der Waals surface area contributed by atoms with Crippen LogP contribution in [0.3, 0.4) is 0 Å². The number of ether oxygens (including phenoxy) is 1. The van der Waals surface area contributed by atoms with Gasteiger partial charge in [0.1, 0.15) is 10.6 Å². The van der Waals surface area contributed by atoms with Gasteiger partial charge in [-0.1, -0.05) is 24.9 Å². The molecule has 1 atom stereocenters. The molecule has 20 heavy (non-hydrogen) atoms. The van der Waals surface area contributed by atoms with E-state index in [2.05, 4.69) is 4.72 Å². The van der Waals surface area contributed by atoms with Gasteiger partial charge in [-0.25, -0.2) is 13.1 Å². The molecular weight excluding hydrogens is 300 g/mol. The van der Waals surface area contributed by atoms with E-state index in [1.165, 1.54) is 13.2 Å². The highest BCUT2D eigenvalue weighted by Gasteiger charge is 2.24. The molecule has 5 nitrogen and oxygen atoms in total. The maximum atomic E-state index is 12.4. The number of methoxy groups -OCH3 is 1. The topological polar surface area (TPSA) is 81.4 Å². The molecule has 0 aliphatic heterocycles. The third-order valence-electron chi connectivity index (χ3n) is 2.89. The highest BCUT2D eigenvalue weighted by molar-refractivity contribution is 7.89. The lowest BCUT2D eigenvalue weighted by Gasteiger charge is -2.17. The smallest absolute Gasteiger partial charge is 0.244 e. The second-order valence-corrected chi connectivity index (χ2v) is 6.73. The first kappa shape index (κ1) is 17.2. The van der Waals surface area contributed by atoms with Crippen LogP contribution in [0.1, 0.15) is 32.3 Å². The summed E-state index contributed by atoms with van der Waals surface area (Å²) in [6.07, 6.45) is 1.65. The number of rotatable bonds is 7. The predicted octanol–water partition coefficient (Wildman–Crippen LogP) is 2.27. The van der Waals surface area contributed by atoms with Crippen molar-refractivity contribution in [3.63, 3.8) is 0 Å². The van der Waals surface area contributed by atoms with Crippen LogP contribution in [0, 0.1) is 0 Å². The highest BCUT2D eigenvalue weighted by Crippen LogP contribution is 2.31. The maximum Gasteiger partial charge on any atom is 0.244 e. The SMILES string of the molecule is CCCC(C)NS(=O)(=O)c1cc(Cl)cc(CN)c1OC. The minimum absolute atomic E-state index is 0.0240. The predicted molar refractivity (Wildman–Crippen MR) is 80.6 cm³/mol. The molecule has 0 fully saturated rings. The van der Waals surface area contributed by atoms with Crippen LogP contribution in [0.15, 0.2) is 17.0 Å². The van der Waals surface area contributed by atoms with E-state index in [0.717, 1.165) is 12.8 Å². The van der Waals surface area contributed by atoms with E-state index in [0.29, 0.717) is 10.6 Å². The van der Waals surface area contributed by atoms with E-state index >= 15 is 0 Å². The average molecular weight is 321 g/mol. The minimum atomic E-state index is -3.69. The van der Waals surface area contributed by atoms with E-state index < -0.39 is 10.0 Å². The standard InChI is InChI=1S/C13H21ClN2O3S/c1-4-5-9(2)16-20(17,18)12-7-11(14)6-10(8-15)13(12)19-3/h6-7,9,16H,4-5,8,15H2,1-3H3. The number of sulfonamides is 1. The second kappa shape index (κ2) is 7.26. The molecule has 0 radical (unpaired) electrons. The molecule has 114 valence electrons.